The van der Waals surface area contributed by atoms with Crippen molar-refractivity contribution in [3.05, 3.63) is 144 Å². The molecule has 0 amide bonds. The fourth-order valence-corrected chi connectivity index (χ4v) is 7.39. The van der Waals surface area contributed by atoms with E-state index in [9.17, 15) is 5.11 Å². The molecule has 0 spiro atoms. The van der Waals surface area contributed by atoms with E-state index in [1.807, 2.05) is 42.6 Å². The third kappa shape index (κ3) is 7.85. The van der Waals surface area contributed by atoms with Crippen molar-refractivity contribution < 1.29 is 26.2 Å². The smallest absolute Gasteiger partial charge is 0.148 e. The van der Waals surface area contributed by atoms with Crippen molar-refractivity contribution in [1.29, 1.82) is 0 Å². The normalized spacial score (nSPS) is 12.1. The summed E-state index contributed by atoms with van der Waals surface area (Å²) in [6.07, 6.45) is 1.94. The van der Waals surface area contributed by atoms with Gasteiger partial charge in [-0.3, -0.25) is 9.55 Å². The zero-order chi connectivity index (χ0) is 38.5. The minimum Gasteiger partial charge on any atom is -0.507 e. The van der Waals surface area contributed by atoms with E-state index in [1.54, 1.807) is 6.07 Å². The van der Waals surface area contributed by atoms with Crippen LogP contribution in [0.1, 0.15) is 103 Å². The van der Waals surface area contributed by atoms with Crippen LogP contribution in [-0.4, -0.2) is 19.6 Å². The molecule has 0 bridgehead atoms. The first-order valence-corrected chi connectivity index (χ1v) is 19.2. The Hall–Kier alpha value is -4.79. The van der Waals surface area contributed by atoms with Gasteiger partial charge in [-0.2, -0.15) is 0 Å². The van der Waals surface area contributed by atoms with E-state index in [0.717, 1.165) is 44.7 Å². The molecule has 0 unspecified atom stereocenters. The molecule has 55 heavy (non-hydrogen) atoms. The predicted molar refractivity (Wildman–Crippen MR) is 227 cm³/mol. The van der Waals surface area contributed by atoms with Crippen molar-refractivity contribution >= 4 is 11.0 Å². The fraction of sp³-hybridized carbons (Fsp3) is 0.280. The van der Waals surface area contributed by atoms with Gasteiger partial charge in [-0.05, 0) is 81.3 Å². The maximum absolute atomic E-state index is 11.1. The quantitative estimate of drug-likeness (QED) is 0.162. The zero-order valence-electron chi connectivity index (χ0n) is 33.7. The largest absolute Gasteiger partial charge is 0.507 e. The van der Waals surface area contributed by atoms with Gasteiger partial charge in [0.1, 0.15) is 11.6 Å². The van der Waals surface area contributed by atoms with Gasteiger partial charge < -0.3 is 5.11 Å². The Morgan fingerprint density at radius 3 is 1.84 bits per heavy atom. The summed E-state index contributed by atoms with van der Waals surface area (Å²) < 4.78 is 2.15. The van der Waals surface area contributed by atoms with Gasteiger partial charge in [-0.15, -0.1) is 28.8 Å². The van der Waals surface area contributed by atoms with E-state index >= 15 is 0 Å². The second-order valence-electron chi connectivity index (χ2n) is 17.3. The summed E-state index contributed by atoms with van der Waals surface area (Å²) in [6.45, 7) is 22.7. The monoisotopic (exact) mass is 905 g/mol. The minimum absolute atomic E-state index is 0. The number of phenolic OH excluding ortho intramolecular Hbond substituents is 1. The Bertz CT molecular complexity index is 2450. The fourth-order valence-electron chi connectivity index (χ4n) is 7.39. The molecule has 0 saturated carbocycles. The first-order chi connectivity index (χ1) is 25.6. The van der Waals surface area contributed by atoms with Crippen molar-refractivity contribution in [3.63, 3.8) is 0 Å². The molecule has 0 saturated heterocycles. The first-order valence-electron chi connectivity index (χ1n) is 19.2. The zero-order valence-corrected chi connectivity index (χ0v) is 36.0. The summed E-state index contributed by atoms with van der Waals surface area (Å²) in [5.74, 6) is 1.73. The van der Waals surface area contributed by atoms with Gasteiger partial charge in [0.15, 0.2) is 0 Å². The Kier molecular flexibility index (Phi) is 11.2. The van der Waals surface area contributed by atoms with Crippen LogP contribution < -0.4 is 0 Å². The molecular formula is C50H52N3OPt-. The van der Waals surface area contributed by atoms with E-state index in [-0.39, 0.29) is 37.6 Å². The second-order valence-corrected chi connectivity index (χ2v) is 17.3. The van der Waals surface area contributed by atoms with Gasteiger partial charge in [0.05, 0.1) is 16.6 Å². The van der Waals surface area contributed by atoms with Gasteiger partial charge in [-0.25, -0.2) is 4.98 Å². The van der Waals surface area contributed by atoms with E-state index in [0.29, 0.717) is 23.2 Å². The number of fused-ring (bicyclic) bond motifs is 1. The van der Waals surface area contributed by atoms with Crippen molar-refractivity contribution in [1.82, 2.24) is 14.5 Å². The van der Waals surface area contributed by atoms with Gasteiger partial charge >= 0.3 is 0 Å². The Morgan fingerprint density at radius 2 is 1.22 bits per heavy atom. The second kappa shape index (κ2) is 15.4. The number of phenols is 1. The van der Waals surface area contributed by atoms with E-state index in [4.69, 9.17) is 9.97 Å². The molecule has 0 fully saturated rings. The molecule has 7 rings (SSSR count). The van der Waals surface area contributed by atoms with Crippen LogP contribution in [0.5, 0.6) is 5.75 Å². The molecule has 5 heteroatoms. The van der Waals surface area contributed by atoms with Crippen molar-refractivity contribution in [3.8, 4) is 56.3 Å². The van der Waals surface area contributed by atoms with Gasteiger partial charge in [0.25, 0.3) is 0 Å². The summed E-state index contributed by atoms with van der Waals surface area (Å²) in [4.78, 5) is 10.4. The molecule has 0 aliphatic heterocycles. The molecule has 1 N–H and O–H groups in total. The van der Waals surface area contributed by atoms with Crippen LogP contribution in [-0.2, 0) is 31.9 Å². The average molecular weight is 906 g/mol. The molecule has 2 heterocycles. The SMILES string of the molecule is CC(C)c1cc(-c2ccnc(-c3[c-]c(-c4cccc5c4nc(-c4ccccc4O)n5-c4ccccc4)c(C(C)(C)C)cc3C(C)(C)C)c2)cc(C(C)C)c1.[Pt]. The Morgan fingerprint density at radius 1 is 0.618 bits per heavy atom. The number of benzene rings is 5. The Labute approximate surface area is 342 Å². The summed E-state index contributed by atoms with van der Waals surface area (Å²) in [7, 11) is 0. The van der Waals surface area contributed by atoms with E-state index in [2.05, 4.69) is 147 Å². The predicted octanol–water partition coefficient (Wildman–Crippen LogP) is 13.4. The van der Waals surface area contributed by atoms with Gasteiger partial charge in [0, 0.05) is 38.6 Å². The molecule has 7 aromatic rings. The topological polar surface area (TPSA) is 50.9 Å². The molecule has 2 aromatic heterocycles. The molecule has 0 aliphatic rings. The van der Waals surface area contributed by atoms with Crippen molar-refractivity contribution in [2.75, 3.05) is 0 Å². The number of nitrogens with zero attached hydrogens (tertiary/aromatic N) is 3. The molecule has 0 aliphatic carbocycles. The summed E-state index contributed by atoms with van der Waals surface area (Å²) in [5.41, 5.74) is 14.4. The molecular weight excluding hydrogens is 854 g/mol. The van der Waals surface area contributed by atoms with Crippen LogP contribution in [0.2, 0.25) is 0 Å². The van der Waals surface area contributed by atoms with Gasteiger partial charge in [0.2, 0.25) is 0 Å². The molecule has 4 nitrogen and oxygen atoms in total. The van der Waals surface area contributed by atoms with Crippen LogP contribution >= 0.6 is 0 Å². The maximum atomic E-state index is 11.1. The van der Waals surface area contributed by atoms with Crippen LogP contribution in [0.25, 0.3) is 61.6 Å². The van der Waals surface area contributed by atoms with E-state index in [1.165, 1.54) is 27.8 Å². The number of aromatic hydroxyl groups is 1. The number of para-hydroxylation sites is 3. The van der Waals surface area contributed by atoms with Crippen LogP contribution in [0, 0.1) is 6.07 Å². The standard InChI is InChI=1S/C50H52N3O.Pt/c1-31(2)34-25-35(32(3)4)27-36(26-34)33-23-24-51-44(28-33)41-29-40(42(49(5,6)7)30-43(41)50(8,9)10)38-20-16-21-45-47(38)52-48(39-19-14-15-22-46(39)54)53(45)37-17-12-11-13-18-37;/h11-28,30-32,54H,1-10H3;/q-1;. The molecule has 0 radical (unpaired) electrons. The van der Waals surface area contributed by atoms with E-state index < -0.39 is 0 Å². The number of hydrogen-bond acceptors (Lipinski definition) is 3. The maximum Gasteiger partial charge on any atom is 0.148 e. The third-order valence-corrected chi connectivity index (χ3v) is 10.5. The summed E-state index contributed by atoms with van der Waals surface area (Å²) in [6, 6.07) is 41.9. The number of pyridine rings is 1. The molecule has 0 atom stereocenters. The third-order valence-electron chi connectivity index (χ3n) is 10.5. The van der Waals surface area contributed by atoms with Gasteiger partial charge in [-0.1, -0.05) is 147 Å². The summed E-state index contributed by atoms with van der Waals surface area (Å²) in [5, 5.41) is 11.1. The van der Waals surface area contributed by atoms with Crippen molar-refractivity contribution in [2.24, 2.45) is 0 Å². The number of imidazole rings is 1. The molecule has 5 aromatic carbocycles. The number of aromatic nitrogens is 3. The average Bonchev–Trinajstić information content (AvgIpc) is 3.53. The minimum atomic E-state index is -0.200. The molecule has 284 valence electrons. The van der Waals surface area contributed by atoms with Crippen LogP contribution in [0.15, 0.2) is 115 Å². The number of hydrogen-bond donors (Lipinski definition) is 1. The Balaban J connectivity index is 0.00000514. The van der Waals surface area contributed by atoms with Crippen molar-refractivity contribution in [2.45, 2.75) is 91.9 Å². The first kappa shape index (κ1) is 39.9. The number of rotatable bonds is 7. The van der Waals surface area contributed by atoms with Crippen LogP contribution in [0.4, 0.5) is 0 Å². The summed E-state index contributed by atoms with van der Waals surface area (Å²) >= 11 is 0. The van der Waals surface area contributed by atoms with Crippen LogP contribution in [0.3, 0.4) is 0 Å².